The molecule has 1 amide bonds. The van der Waals surface area contributed by atoms with Gasteiger partial charge in [-0.2, -0.15) is 5.10 Å². The molecule has 0 fully saturated rings. The summed E-state index contributed by atoms with van der Waals surface area (Å²) in [4.78, 5) is 16.9. The molecule has 0 aliphatic rings. The van der Waals surface area contributed by atoms with Crippen LogP contribution >= 0.6 is 11.6 Å². The number of nitrogens with zero attached hydrogens (tertiary/aromatic N) is 3. The molecule has 0 unspecified atom stereocenters. The third-order valence-electron chi connectivity index (χ3n) is 4.02. The highest BCUT2D eigenvalue weighted by Crippen LogP contribution is 2.28. The van der Waals surface area contributed by atoms with E-state index in [0.717, 1.165) is 16.9 Å². The summed E-state index contributed by atoms with van der Waals surface area (Å²) >= 11 is 6.45. The van der Waals surface area contributed by atoms with Crippen molar-refractivity contribution in [1.29, 1.82) is 0 Å². The summed E-state index contributed by atoms with van der Waals surface area (Å²) in [7, 11) is 1.80. The number of amides is 1. The van der Waals surface area contributed by atoms with Crippen molar-refractivity contribution in [2.45, 2.75) is 26.7 Å². The van der Waals surface area contributed by atoms with Gasteiger partial charge in [0.2, 0.25) is 0 Å². The van der Waals surface area contributed by atoms with Gasteiger partial charge in [-0.25, -0.2) is 4.98 Å². The average Bonchev–Trinajstić information content (AvgIpc) is 2.83. The Bertz CT molecular complexity index is 930. The summed E-state index contributed by atoms with van der Waals surface area (Å²) < 4.78 is 1.66. The Labute approximate surface area is 145 Å². The van der Waals surface area contributed by atoms with Crippen molar-refractivity contribution in [3.63, 3.8) is 0 Å². The molecule has 0 atom stereocenters. The molecule has 0 saturated carbocycles. The van der Waals surface area contributed by atoms with E-state index in [0.29, 0.717) is 27.5 Å². The molecular formula is C18H19ClN4O. The van der Waals surface area contributed by atoms with Crippen molar-refractivity contribution in [3.05, 3.63) is 52.3 Å². The molecule has 0 saturated heterocycles. The van der Waals surface area contributed by atoms with E-state index >= 15 is 0 Å². The van der Waals surface area contributed by atoms with Crippen LogP contribution in [-0.4, -0.2) is 20.7 Å². The number of pyridine rings is 1. The smallest absolute Gasteiger partial charge is 0.258 e. The Kier molecular flexibility index (Phi) is 4.28. The molecule has 1 aromatic carbocycles. The Morgan fingerprint density at radius 2 is 2.08 bits per heavy atom. The van der Waals surface area contributed by atoms with E-state index < -0.39 is 0 Å². The molecule has 3 rings (SSSR count). The summed E-state index contributed by atoms with van der Waals surface area (Å²) in [6.45, 7) is 6.07. The Balaban J connectivity index is 1.96. The number of aryl methyl sites for hydroxylation is 2. The number of hydrogen-bond donors (Lipinski definition) is 1. The van der Waals surface area contributed by atoms with Crippen molar-refractivity contribution >= 4 is 34.2 Å². The number of nitrogens with one attached hydrogen (secondary N) is 1. The number of hydrogen-bond acceptors (Lipinski definition) is 3. The van der Waals surface area contributed by atoms with Gasteiger partial charge in [0.05, 0.1) is 21.7 Å². The molecule has 0 aliphatic carbocycles. The molecule has 1 N–H and O–H groups in total. The number of halogens is 1. The predicted molar refractivity (Wildman–Crippen MR) is 96.7 cm³/mol. The number of fused-ring (bicyclic) bond motifs is 1. The highest BCUT2D eigenvalue weighted by Gasteiger charge is 2.18. The minimum Gasteiger partial charge on any atom is -0.322 e. The van der Waals surface area contributed by atoms with Gasteiger partial charge in [0.1, 0.15) is 0 Å². The first-order valence-electron chi connectivity index (χ1n) is 7.77. The number of carbonyl (C=O) groups excluding carboxylic acids is 1. The summed E-state index contributed by atoms with van der Waals surface area (Å²) in [5.74, 6) is 0.111. The average molecular weight is 343 g/mol. The standard InChI is InChI=1S/C18H19ClN4O/c1-10(2)12-6-5-7-13(8-12)21-18(24)14-9-20-17-15(16(14)19)11(3)22-23(17)4/h5-10H,1-4H3,(H,21,24). The van der Waals surface area contributed by atoms with Gasteiger partial charge in [-0.15, -0.1) is 0 Å². The van der Waals surface area contributed by atoms with E-state index in [9.17, 15) is 4.79 Å². The van der Waals surface area contributed by atoms with Gasteiger partial charge in [0, 0.05) is 18.9 Å². The van der Waals surface area contributed by atoms with Crippen molar-refractivity contribution in [3.8, 4) is 0 Å². The van der Waals surface area contributed by atoms with Gasteiger partial charge >= 0.3 is 0 Å². The van der Waals surface area contributed by atoms with Crippen LogP contribution in [-0.2, 0) is 7.05 Å². The van der Waals surface area contributed by atoms with Crippen molar-refractivity contribution < 1.29 is 4.79 Å². The monoisotopic (exact) mass is 342 g/mol. The van der Waals surface area contributed by atoms with Crippen molar-refractivity contribution in [2.75, 3.05) is 5.32 Å². The zero-order valence-corrected chi connectivity index (χ0v) is 14.8. The minimum atomic E-state index is -0.279. The summed E-state index contributed by atoms with van der Waals surface area (Å²) in [5.41, 5.74) is 3.66. The SMILES string of the molecule is Cc1nn(C)c2ncc(C(=O)Nc3cccc(C(C)C)c3)c(Cl)c12. The maximum absolute atomic E-state index is 12.6. The van der Waals surface area contributed by atoms with Gasteiger partial charge in [-0.1, -0.05) is 37.6 Å². The largest absolute Gasteiger partial charge is 0.322 e. The van der Waals surface area contributed by atoms with Gasteiger partial charge in [-0.3, -0.25) is 9.48 Å². The lowest BCUT2D eigenvalue weighted by Gasteiger charge is -2.10. The van der Waals surface area contributed by atoms with E-state index in [1.54, 1.807) is 11.7 Å². The molecule has 0 radical (unpaired) electrons. The Hall–Kier alpha value is -2.40. The fourth-order valence-corrected chi connectivity index (χ4v) is 3.06. The molecule has 124 valence electrons. The summed E-state index contributed by atoms with van der Waals surface area (Å²) in [5, 5.41) is 8.29. The third kappa shape index (κ3) is 2.87. The van der Waals surface area contributed by atoms with Crippen molar-refractivity contribution in [1.82, 2.24) is 14.8 Å². The minimum absolute atomic E-state index is 0.279. The number of rotatable bonds is 3. The second-order valence-electron chi connectivity index (χ2n) is 6.13. The first-order chi connectivity index (χ1) is 11.4. The van der Waals surface area contributed by atoms with E-state index in [1.165, 1.54) is 6.20 Å². The zero-order chi connectivity index (χ0) is 17.4. The summed E-state index contributed by atoms with van der Waals surface area (Å²) in [6, 6.07) is 7.80. The fourth-order valence-electron chi connectivity index (χ4n) is 2.70. The maximum Gasteiger partial charge on any atom is 0.258 e. The van der Waals surface area contributed by atoms with Crippen LogP contribution in [0.3, 0.4) is 0 Å². The first kappa shape index (κ1) is 16.5. The molecule has 5 nitrogen and oxygen atoms in total. The normalized spacial score (nSPS) is 11.2. The number of benzene rings is 1. The number of anilines is 1. The highest BCUT2D eigenvalue weighted by molar-refractivity contribution is 6.39. The van der Waals surface area contributed by atoms with Crippen LogP contribution in [0.4, 0.5) is 5.69 Å². The molecule has 24 heavy (non-hydrogen) atoms. The van der Waals surface area contributed by atoms with E-state index in [1.807, 2.05) is 31.2 Å². The van der Waals surface area contributed by atoms with Gasteiger partial charge in [0.15, 0.2) is 5.65 Å². The summed E-state index contributed by atoms with van der Waals surface area (Å²) in [6.07, 6.45) is 1.49. The maximum atomic E-state index is 12.6. The Morgan fingerprint density at radius 1 is 1.33 bits per heavy atom. The second-order valence-corrected chi connectivity index (χ2v) is 6.51. The molecule has 6 heteroatoms. The van der Waals surface area contributed by atoms with Crippen LogP contribution in [0.2, 0.25) is 5.02 Å². The lowest BCUT2D eigenvalue weighted by Crippen LogP contribution is -2.13. The molecule has 3 aromatic rings. The van der Waals surface area contributed by atoms with Crippen LogP contribution in [0, 0.1) is 6.92 Å². The first-order valence-corrected chi connectivity index (χ1v) is 8.15. The Morgan fingerprint density at radius 3 is 2.79 bits per heavy atom. The van der Waals surface area contributed by atoms with Gasteiger partial charge < -0.3 is 5.32 Å². The lowest BCUT2D eigenvalue weighted by molar-refractivity contribution is 0.102. The third-order valence-corrected chi connectivity index (χ3v) is 4.41. The number of aromatic nitrogens is 3. The van der Waals surface area contributed by atoms with Crippen LogP contribution in [0.15, 0.2) is 30.5 Å². The predicted octanol–water partition coefficient (Wildman–Crippen LogP) is 4.31. The van der Waals surface area contributed by atoms with E-state index in [2.05, 4.69) is 29.2 Å². The molecule has 0 bridgehead atoms. The molecular weight excluding hydrogens is 324 g/mol. The molecule has 0 aliphatic heterocycles. The zero-order valence-electron chi connectivity index (χ0n) is 14.1. The second kappa shape index (κ2) is 6.24. The van der Waals surface area contributed by atoms with Gasteiger partial charge in [-0.05, 0) is 30.5 Å². The van der Waals surface area contributed by atoms with E-state index in [4.69, 9.17) is 11.6 Å². The fraction of sp³-hybridized carbons (Fsp3) is 0.278. The highest BCUT2D eigenvalue weighted by atomic mass is 35.5. The van der Waals surface area contributed by atoms with Crippen LogP contribution in [0.1, 0.15) is 41.4 Å². The molecule has 2 heterocycles. The molecule has 0 spiro atoms. The molecule has 2 aromatic heterocycles. The van der Waals surface area contributed by atoms with E-state index in [-0.39, 0.29) is 5.91 Å². The van der Waals surface area contributed by atoms with Crippen LogP contribution < -0.4 is 5.32 Å². The quantitative estimate of drug-likeness (QED) is 0.771. The topological polar surface area (TPSA) is 59.8 Å². The lowest BCUT2D eigenvalue weighted by atomic mass is 10.0. The van der Waals surface area contributed by atoms with Crippen LogP contribution in [0.5, 0.6) is 0 Å². The number of carbonyl (C=O) groups is 1. The van der Waals surface area contributed by atoms with Gasteiger partial charge in [0.25, 0.3) is 5.91 Å². The van der Waals surface area contributed by atoms with Crippen LogP contribution in [0.25, 0.3) is 11.0 Å². The van der Waals surface area contributed by atoms with Crippen molar-refractivity contribution in [2.24, 2.45) is 7.05 Å².